The van der Waals surface area contributed by atoms with Gasteiger partial charge in [0.15, 0.2) is 0 Å². The number of halogens is 1. The molecule has 0 bridgehead atoms. The third kappa shape index (κ3) is 2.01. The molecule has 1 atom stereocenters. The zero-order valence-electron chi connectivity index (χ0n) is 9.27. The van der Waals surface area contributed by atoms with E-state index in [2.05, 4.69) is 9.97 Å². The van der Waals surface area contributed by atoms with Gasteiger partial charge in [0.05, 0.1) is 6.54 Å². The highest BCUT2D eigenvalue weighted by Gasteiger charge is 2.27. The first-order valence-electron chi connectivity index (χ1n) is 6.05. The largest absolute Gasteiger partial charge is 0.354 e. The van der Waals surface area contributed by atoms with Crippen LogP contribution in [0.15, 0.2) is 12.3 Å². The Balaban J connectivity index is 1.79. The fraction of sp³-hybridized carbons (Fsp3) is 0.667. The van der Waals surface area contributed by atoms with Crippen molar-refractivity contribution >= 4 is 5.82 Å². The number of anilines is 1. The normalized spacial score (nSPS) is 25.8. The summed E-state index contributed by atoms with van der Waals surface area (Å²) >= 11 is 0. The molecule has 1 saturated heterocycles. The fourth-order valence-electron chi connectivity index (χ4n) is 2.21. The quantitative estimate of drug-likeness (QED) is 0.767. The molecule has 0 aromatic carbocycles. The van der Waals surface area contributed by atoms with E-state index in [-0.39, 0.29) is 0 Å². The summed E-state index contributed by atoms with van der Waals surface area (Å²) in [5, 5.41) is 0. The van der Waals surface area contributed by atoms with Crippen molar-refractivity contribution in [2.24, 2.45) is 0 Å². The third-order valence-corrected chi connectivity index (χ3v) is 3.29. The number of rotatable bonds is 2. The van der Waals surface area contributed by atoms with E-state index in [4.69, 9.17) is 0 Å². The van der Waals surface area contributed by atoms with Gasteiger partial charge in [-0.2, -0.15) is 0 Å². The molecule has 1 aliphatic carbocycles. The summed E-state index contributed by atoms with van der Waals surface area (Å²) in [6.45, 7) is 1.41. The minimum absolute atomic E-state index is 0.487. The van der Waals surface area contributed by atoms with E-state index >= 15 is 0 Å². The van der Waals surface area contributed by atoms with Crippen LogP contribution in [0.25, 0.3) is 0 Å². The highest BCUT2D eigenvalue weighted by atomic mass is 19.1. The summed E-state index contributed by atoms with van der Waals surface area (Å²) in [5.41, 5.74) is 0. The third-order valence-electron chi connectivity index (χ3n) is 3.29. The van der Waals surface area contributed by atoms with Crippen molar-refractivity contribution in [1.82, 2.24) is 9.97 Å². The summed E-state index contributed by atoms with van der Waals surface area (Å²) < 4.78 is 13.3. The predicted octanol–water partition coefficient (Wildman–Crippen LogP) is 2.29. The van der Waals surface area contributed by atoms with E-state index < -0.39 is 6.17 Å². The van der Waals surface area contributed by atoms with Crippen molar-refractivity contribution in [3.8, 4) is 0 Å². The van der Waals surface area contributed by atoms with Crippen molar-refractivity contribution in [1.29, 1.82) is 0 Å². The van der Waals surface area contributed by atoms with Gasteiger partial charge in [-0.1, -0.05) is 0 Å². The van der Waals surface area contributed by atoms with Gasteiger partial charge < -0.3 is 4.90 Å². The molecule has 1 saturated carbocycles. The summed E-state index contributed by atoms with van der Waals surface area (Å²) in [5.74, 6) is 2.41. The lowest BCUT2D eigenvalue weighted by molar-refractivity contribution is 0.286. The molecule has 2 fully saturated rings. The zero-order valence-corrected chi connectivity index (χ0v) is 9.27. The molecule has 2 heterocycles. The van der Waals surface area contributed by atoms with Gasteiger partial charge in [-0.25, -0.2) is 14.4 Å². The molecule has 0 radical (unpaired) electrons. The maximum atomic E-state index is 13.3. The van der Waals surface area contributed by atoms with Gasteiger partial charge in [-0.05, 0) is 31.7 Å². The van der Waals surface area contributed by atoms with Crippen molar-refractivity contribution in [3.63, 3.8) is 0 Å². The predicted molar refractivity (Wildman–Crippen MR) is 60.4 cm³/mol. The molecule has 0 N–H and O–H groups in total. The molecular formula is C12H16FN3. The molecule has 1 aliphatic heterocycles. The Bertz CT molecular complexity index is 378. The van der Waals surface area contributed by atoms with E-state index in [0.29, 0.717) is 18.9 Å². The second kappa shape index (κ2) is 4.00. The molecule has 1 unspecified atom stereocenters. The minimum atomic E-state index is -0.701. The molecule has 1 aromatic rings. The van der Waals surface area contributed by atoms with E-state index in [1.165, 1.54) is 12.8 Å². The number of piperidine rings is 1. The SMILES string of the molecule is FC1CCCN(c2ccnc(C3CC3)n2)C1. The molecule has 0 amide bonds. The minimum Gasteiger partial charge on any atom is -0.354 e. The van der Waals surface area contributed by atoms with Crippen LogP contribution in [0, 0.1) is 0 Å². The van der Waals surface area contributed by atoms with Gasteiger partial charge in [0.2, 0.25) is 0 Å². The molecule has 86 valence electrons. The van der Waals surface area contributed by atoms with E-state index in [1.54, 1.807) is 6.20 Å². The van der Waals surface area contributed by atoms with Gasteiger partial charge in [0, 0.05) is 18.7 Å². The van der Waals surface area contributed by atoms with Crippen molar-refractivity contribution < 1.29 is 4.39 Å². The Kier molecular flexibility index (Phi) is 2.50. The van der Waals surface area contributed by atoms with Crippen LogP contribution in [0.5, 0.6) is 0 Å². The van der Waals surface area contributed by atoms with Crippen LogP contribution in [-0.2, 0) is 0 Å². The molecule has 1 aromatic heterocycles. The average Bonchev–Trinajstić information content (AvgIpc) is 3.13. The standard InChI is InChI=1S/C12H16FN3/c13-10-2-1-7-16(8-10)11-5-6-14-12(15-11)9-3-4-9/h5-6,9-10H,1-4,7-8H2. The van der Waals surface area contributed by atoms with Crippen LogP contribution < -0.4 is 4.90 Å². The second-order valence-corrected chi connectivity index (χ2v) is 4.73. The van der Waals surface area contributed by atoms with Crippen LogP contribution in [0.2, 0.25) is 0 Å². The van der Waals surface area contributed by atoms with Crippen molar-refractivity contribution in [3.05, 3.63) is 18.1 Å². The Labute approximate surface area is 94.7 Å². The van der Waals surface area contributed by atoms with Gasteiger partial charge >= 0.3 is 0 Å². The van der Waals surface area contributed by atoms with Crippen LogP contribution >= 0.6 is 0 Å². The lowest BCUT2D eigenvalue weighted by Gasteiger charge is -2.29. The first kappa shape index (κ1) is 10.00. The lowest BCUT2D eigenvalue weighted by Crippen LogP contribution is -2.37. The lowest BCUT2D eigenvalue weighted by atomic mass is 10.1. The van der Waals surface area contributed by atoms with Gasteiger partial charge in [0.1, 0.15) is 17.8 Å². The number of nitrogens with zero attached hydrogens (tertiary/aromatic N) is 3. The number of alkyl halides is 1. The monoisotopic (exact) mass is 221 g/mol. The number of hydrogen-bond acceptors (Lipinski definition) is 3. The van der Waals surface area contributed by atoms with Gasteiger partial charge in [-0.3, -0.25) is 0 Å². The average molecular weight is 221 g/mol. The number of aromatic nitrogens is 2. The maximum absolute atomic E-state index is 13.3. The topological polar surface area (TPSA) is 29.0 Å². The van der Waals surface area contributed by atoms with Crippen LogP contribution in [0.4, 0.5) is 10.2 Å². The molecule has 3 rings (SSSR count). The van der Waals surface area contributed by atoms with E-state index in [0.717, 1.165) is 24.6 Å². The van der Waals surface area contributed by atoms with Gasteiger partial charge in [0.25, 0.3) is 0 Å². The molecule has 4 heteroatoms. The highest BCUT2D eigenvalue weighted by molar-refractivity contribution is 5.38. The fourth-order valence-corrected chi connectivity index (χ4v) is 2.21. The summed E-state index contributed by atoms with van der Waals surface area (Å²) in [4.78, 5) is 10.9. The Morgan fingerprint density at radius 3 is 2.94 bits per heavy atom. The Hall–Kier alpha value is -1.19. The van der Waals surface area contributed by atoms with Crippen LogP contribution in [-0.4, -0.2) is 29.2 Å². The zero-order chi connectivity index (χ0) is 11.0. The van der Waals surface area contributed by atoms with Crippen LogP contribution in [0.3, 0.4) is 0 Å². The van der Waals surface area contributed by atoms with E-state index in [1.807, 2.05) is 11.0 Å². The maximum Gasteiger partial charge on any atom is 0.133 e. The van der Waals surface area contributed by atoms with E-state index in [9.17, 15) is 4.39 Å². The molecule has 16 heavy (non-hydrogen) atoms. The van der Waals surface area contributed by atoms with Gasteiger partial charge in [-0.15, -0.1) is 0 Å². The summed E-state index contributed by atoms with van der Waals surface area (Å²) in [6, 6.07) is 1.89. The van der Waals surface area contributed by atoms with Crippen molar-refractivity contribution in [2.45, 2.75) is 37.8 Å². The first-order valence-corrected chi connectivity index (χ1v) is 6.05. The first-order chi connectivity index (χ1) is 7.83. The molecule has 2 aliphatic rings. The molecular weight excluding hydrogens is 205 g/mol. The van der Waals surface area contributed by atoms with Crippen molar-refractivity contribution in [2.75, 3.05) is 18.0 Å². The number of hydrogen-bond donors (Lipinski definition) is 0. The Morgan fingerprint density at radius 1 is 1.31 bits per heavy atom. The highest BCUT2D eigenvalue weighted by Crippen LogP contribution is 2.38. The molecule has 0 spiro atoms. The smallest absolute Gasteiger partial charge is 0.133 e. The second-order valence-electron chi connectivity index (χ2n) is 4.73. The Morgan fingerprint density at radius 2 is 2.19 bits per heavy atom. The summed E-state index contributed by atoms with van der Waals surface area (Å²) in [6.07, 6.45) is 5.12. The summed E-state index contributed by atoms with van der Waals surface area (Å²) in [7, 11) is 0. The van der Waals surface area contributed by atoms with Crippen LogP contribution in [0.1, 0.15) is 37.4 Å². The molecule has 3 nitrogen and oxygen atoms in total.